The van der Waals surface area contributed by atoms with Crippen LogP contribution in [0.4, 0.5) is 24.5 Å². The number of aromatic nitrogens is 1. The maximum Gasteiger partial charge on any atom is 0.433 e. The van der Waals surface area contributed by atoms with Gasteiger partial charge in [0.05, 0.1) is 17.3 Å². The summed E-state index contributed by atoms with van der Waals surface area (Å²) in [6.07, 6.45) is 11.8. The predicted molar refractivity (Wildman–Crippen MR) is 175 cm³/mol. The molecule has 1 unspecified atom stereocenters. The van der Waals surface area contributed by atoms with Crippen LogP contribution in [-0.4, -0.2) is 64.4 Å². The molecule has 0 radical (unpaired) electrons. The number of benzene rings is 1. The second-order valence-corrected chi connectivity index (χ2v) is 11.6. The van der Waals surface area contributed by atoms with Crippen molar-refractivity contribution < 1.29 is 27.9 Å². The number of likely N-dealkylation sites (tertiary alicyclic amines) is 1. The van der Waals surface area contributed by atoms with Gasteiger partial charge in [0.15, 0.2) is 0 Å². The number of alkyl halides is 3. The van der Waals surface area contributed by atoms with Gasteiger partial charge in [-0.2, -0.15) is 13.2 Å². The van der Waals surface area contributed by atoms with Crippen LogP contribution in [-0.2, 0) is 11.0 Å². The van der Waals surface area contributed by atoms with Crippen LogP contribution in [0, 0.1) is 12.8 Å². The van der Waals surface area contributed by atoms with Gasteiger partial charge in [-0.05, 0) is 67.0 Å². The molecule has 8 nitrogen and oxygen atoms in total. The monoisotopic (exact) mass is 639 g/mol. The largest absolute Gasteiger partial charge is 0.506 e. The van der Waals surface area contributed by atoms with Gasteiger partial charge in [-0.1, -0.05) is 39.3 Å². The molecule has 0 spiro atoms. The number of hydrogen-bond donors (Lipinski definition) is 2. The van der Waals surface area contributed by atoms with Crippen molar-refractivity contribution in [1.82, 2.24) is 14.8 Å². The van der Waals surface area contributed by atoms with Crippen LogP contribution in [0.5, 0.6) is 5.75 Å². The Kier molecular flexibility index (Phi) is 12.3. The molecule has 248 valence electrons. The number of nitrogen functional groups attached to an aromatic ring is 1. The van der Waals surface area contributed by atoms with E-state index in [9.17, 15) is 27.9 Å². The van der Waals surface area contributed by atoms with E-state index < -0.39 is 23.8 Å². The normalized spacial score (nSPS) is 18.0. The van der Waals surface area contributed by atoms with E-state index in [1.54, 1.807) is 9.80 Å². The molecule has 0 bridgehead atoms. The first-order chi connectivity index (χ1) is 21.9. The number of pyridine rings is 1. The molecule has 1 aromatic heterocycles. The topological polar surface area (TPSA) is 103 Å². The van der Waals surface area contributed by atoms with Crippen LogP contribution in [0.3, 0.4) is 0 Å². The summed E-state index contributed by atoms with van der Waals surface area (Å²) in [5.74, 6) is -0.156. The summed E-state index contributed by atoms with van der Waals surface area (Å²) >= 11 is 0. The smallest absolute Gasteiger partial charge is 0.433 e. The minimum Gasteiger partial charge on any atom is -0.506 e. The fraction of sp³-hybridized carbons (Fsp3) is 0.457. The summed E-state index contributed by atoms with van der Waals surface area (Å²) in [6.45, 7) is 8.75. The second-order valence-electron chi connectivity index (χ2n) is 11.6. The van der Waals surface area contributed by atoms with Crippen LogP contribution in [0.2, 0.25) is 0 Å². The van der Waals surface area contributed by atoms with Crippen LogP contribution in [0.15, 0.2) is 54.4 Å². The van der Waals surface area contributed by atoms with Gasteiger partial charge in [-0.25, -0.2) is 0 Å². The van der Waals surface area contributed by atoms with E-state index in [4.69, 9.17) is 5.73 Å². The molecule has 1 saturated heterocycles. The standard InChI is InChI=1S/C30H34F3N5O3.C3H8.C2H2/c1-3-28(40)37-12-5-8-20-23(36(2)24-10-9-19(14-26(24)39)18-6-4-7-18)11-13-38(25(20)17-37)29(41)21-16-35-27(15-22(21)34)30(31,32)33;1-3-2;1-2/h3,9-10,14-16,18,25,39H,1,4-8,11-13,17H2,2H3,(H2,34,35);3H2,1-2H3;1-2H. The lowest BCUT2D eigenvalue weighted by Gasteiger charge is -2.42. The predicted octanol–water partition coefficient (Wildman–Crippen LogP) is 6.73. The summed E-state index contributed by atoms with van der Waals surface area (Å²) in [5.41, 5.74) is 7.97. The number of phenolic OH excluding ortho intramolecular Hbond substituents is 1. The number of amides is 2. The van der Waals surface area contributed by atoms with Crippen LogP contribution < -0.4 is 10.6 Å². The van der Waals surface area contributed by atoms with E-state index in [-0.39, 0.29) is 36.0 Å². The molecule has 1 atom stereocenters. The average Bonchev–Trinajstić information content (AvgIpc) is 3.23. The summed E-state index contributed by atoms with van der Waals surface area (Å²) < 4.78 is 39.5. The summed E-state index contributed by atoms with van der Waals surface area (Å²) in [6, 6.07) is 5.92. The zero-order valence-electron chi connectivity index (χ0n) is 26.8. The molecular weight excluding hydrogens is 595 g/mol. The first kappa shape index (κ1) is 36.0. The van der Waals surface area contributed by atoms with E-state index in [1.807, 2.05) is 24.1 Å². The number of hydrogen-bond acceptors (Lipinski definition) is 6. The first-order valence-corrected chi connectivity index (χ1v) is 15.6. The molecule has 2 aromatic rings. The number of carbonyl (C=O) groups excluding carboxylic acids is 2. The van der Waals surface area contributed by atoms with Gasteiger partial charge >= 0.3 is 6.18 Å². The minimum atomic E-state index is -4.69. The third-order valence-corrected chi connectivity index (χ3v) is 8.55. The first-order valence-electron chi connectivity index (χ1n) is 15.6. The number of nitrogens with zero attached hydrogens (tertiary/aromatic N) is 4. The number of fused-ring (bicyclic) bond motifs is 1. The molecule has 3 aliphatic rings. The van der Waals surface area contributed by atoms with Gasteiger partial charge < -0.3 is 25.5 Å². The van der Waals surface area contributed by atoms with Gasteiger partial charge in [0.2, 0.25) is 5.91 Å². The Hall–Kier alpha value is -4.46. The van der Waals surface area contributed by atoms with Crippen LogP contribution in [0.1, 0.15) is 86.3 Å². The van der Waals surface area contributed by atoms with Crippen molar-refractivity contribution in [3.05, 3.63) is 71.2 Å². The Labute approximate surface area is 269 Å². The van der Waals surface area contributed by atoms with Crippen molar-refractivity contribution in [1.29, 1.82) is 0 Å². The van der Waals surface area contributed by atoms with Gasteiger partial charge in [-0.15, -0.1) is 12.8 Å². The van der Waals surface area contributed by atoms with E-state index >= 15 is 0 Å². The highest BCUT2D eigenvalue weighted by Crippen LogP contribution is 2.42. The third-order valence-electron chi connectivity index (χ3n) is 8.55. The molecule has 2 amide bonds. The summed E-state index contributed by atoms with van der Waals surface area (Å²) in [5, 5.41) is 11.0. The van der Waals surface area contributed by atoms with Gasteiger partial charge in [0.1, 0.15) is 11.4 Å². The zero-order valence-corrected chi connectivity index (χ0v) is 26.8. The van der Waals surface area contributed by atoms with Crippen molar-refractivity contribution in [2.24, 2.45) is 0 Å². The summed E-state index contributed by atoms with van der Waals surface area (Å²) in [7, 11) is 1.88. The molecule has 2 aliphatic heterocycles. The average molecular weight is 640 g/mol. The molecule has 1 aromatic carbocycles. The van der Waals surface area contributed by atoms with E-state index in [0.29, 0.717) is 43.5 Å². The molecule has 3 heterocycles. The lowest BCUT2D eigenvalue weighted by molar-refractivity contribution is -0.141. The van der Waals surface area contributed by atoms with Gasteiger partial charge in [0.25, 0.3) is 5.91 Å². The highest BCUT2D eigenvalue weighted by atomic mass is 19.4. The molecule has 11 heteroatoms. The number of anilines is 2. The summed E-state index contributed by atoms with van der Waals surface area (Å²) in [4.78, 5) is 35.0. The maximum atomic E-state index is 13.8. The van der Waals surface area contributed by atoms with Gasteiger partial charge in [-0.3, -0.25) is 14.6 Å². The molecule has 3 N–H and O–H groups in total. The fourth-order valence-corrected chi connectivity index (χ4v) is 6.08. The SMILES string of the molecule is C#C.C=CC(=O)N1CCCC2=C(N(C)c3ccc(C4CCC4)cc3O)CCN(C(=O)c3cnc(C(F)(F)F)cc3N)C2C1.CCC. The molecule has 1 aliphatic carbocycles. The van der Waals surface area contributed by atoms with Crippen LogP contribution >= 0.6 is 0 Å². The lowest BCUT2D eigenvalue weighted by Crippen LogP contribution is -2.51. The number of terminal acetylenes is 1. The number of carbonyl (C=O) groups is 2. The van der Waals surface area contributed by atoms with E-state index in [2.05, 4.69) is 44.3 Å². The van der Waals surface area contributed by atoms with Crippen LogP contribution in [0.25, 0.3) is 0 Å². The van der Waals surface area contributed by atoms with E-state index in [1.165, 1.54) is 18.9 Å². The molecule has 1 saturated carbocycles. The van der Waals surface area contributed by atoms with Crippen molar-refractivity contribution in [2.45, 2.75) is 76.9 Å². The van der Waals surface area contributed by atoms with Gasteiger partial charge in [0, 0.05) is 50.7 Å². The number of halogens is 3. The van der Waals surface area contributed by atoms with Crippen molar-refractivity contribution in [2.75, 3.05) is 37.3 Å². The minimum absolute atomic E-state index is 0.121. The Morgan fingerprint density at radius 1 is 1.15 bits per heavy atom. The van der Waals surface area contributed by atoms with E-state index in [0.717, 1.165) is 35.9 Å². The third kappa shape index (κ3) is 7.84. The van der Waals surface area contributed by atoms with Crippen molar-refractivity contribution in [3.63, 3.8) is 0 Å². The Balaban J connectivity index is 0.00000109. The highest BCUT2D eigenvalue weighted by Gasteiger charge is 2.39. The molecule has 2 fully saturated rings. The Bertz CT molecular complexity index is 1470. The second kappa shape index (κ2) is 15.7. The Morgan fingerprint density at radius 2 is 1.83 bits per heavy atom. The zero-order chi connectivity index (χ0) is 34.2. The number of nitrogens with two attached hydrogens (primary N) is 1. The fourth-order valence-electron chi connectivity index (χ4n) is 6.08. The number of rotatable bonds is 5. The molecule has 5 rings (SSSR count). The number of aromatic hydroxyl groups is 1. The highest BCUT2D eigenvalue weighted by molar-refractivity contribution is 5.99. The van der Waals surface area contributed by atoms with Crippen molar-refractivity contribution in [3.8, 4) is 18.6 Å². The maximum absolute atomic E-state index is 13.8. The number of phenols is 1. The van der Waals surface area contributed by atoms with Crippen molar-refractivity contribution >= 4 is 23.2 Å². The molecule has 46 heavy (non-hydrogen) atoms. The lowest BCUT2D eigenvalue weighted by atomic mass is 9.80. The Morgan fingerprint density at radius 3 is 2.37 bits per heavy atom. The molecular formula is C35H44F3N5O3. The quantitative estimate of drug-likeness (QED) is 0.278.